The molecule has 0 saturated carbocycles. The fourth-order valence-electron chi connectivity index (χ4n) is 3.45. The molecule has 2 heterocycles. The van der Waals surface area contributed by atoms with E-state index in [1.807, 2.05) is 6.07 Å². The number of carbonyl (C=O) groups excluding carboxylic acids is 1. The Morgan fingerprint density at radius 1 is 1.16 bits per heavy atom. The molecule has 4 rings (SSSR count). The highest BCUT2D eigenvalue weighted by molar-refractivity contribution is 5.91. The minimum Gasteiger partial charge on any atom is -0.486 e. The average Bonchev–Trinajstić information content (AvgIpc) is 2.78. The molecule has 0 aliphatic carbocycles. The van der Waals surface area contributed by atoms with Crippen molar-refractivity contribution < 1.29 is 19.2 Å². The van der Waals surface area contributed by atoms with Crippen LogP contribution in [0.3, 0.4) is 0 Å². The Bertz CT molecular complexity index is 1270. The fraction of sp³-hybridized carbons (Fsp3) is 0.227. The fourth-order valence-corrected chi connectivity index (χ4v) is 3.45. The summed E-state index contributed by atoms with van der Waals surface area (Å²) in [5.41, 5.74) is 0.255. The summed E-state index contributed by atoms with van der Waals surface area (Å²) >= 11 is 0. The lowest BCUT2D eigenvalue weighted by molar-refractivity contribution is -0.384. The quantitative estimate of drug-likeness (QED) is 0.445. The first-order valence-electron chi connectivity index (χ1n) is 9.84. The van der Waals surface area contributed by atoms with E-state index < -0.39 is 16.3 Å². The number of carbonyl (C=O) groups is 1. The summed E-state index contributed by atoms with van der Waals surface area (Å²) in [7, 11) is 1.55. The van der Waals surface area contributed by atoms with Crippen LogP contribution in [0, 0.1) is 17.0 Å². The summed E-state index contributed by atoms with van der Waals surface area (Å²) in [5, 5.41) is 15.6. The van der Waals surface area contributed by atoms with Gasteiger partial charge in [-0.3, -0.25) is 19.7 Å². The first-order valence-corrected chi connectivity index (χ1v) is 9.84. The minimum absolute atomic E-state index is 0.165. The number of benzene rings is 2. The first kappa shape index (κ1) is 21.0. The summed E-state index contributed by atoms with van der Waals surface area (Å²) in [6.07, 6.45) is 0. The summed E-state index contributed by atoms with van der Waals surface area (Å²) < 4.78 is 12.3. The van der Waals surface area contributed by atoms with Crippen LogP contribution in [0.15, 0.2) is 53.3 Å². The highest BCUT2D eigenvalue weighted by Gasteiger charge is 2.23. The van der Waals surface area contributed by atoms with E-state index in [1.54, 1.807) is 32.2 Å². The van der Waals surface area contributed by atoms with E-state index in [9.17, 15) is 19.7 Å². The normalized spacial score (nSPS) is 12.3. The van der Waals surface area contributed by atoms with Gasteiger partial charge in [0.1, 0.15) is 18.9 Å². The molecule has 0 fully saturated rings. The Balaban J connectivity index is 1.65. The molecule has 10 heteroatoms. The Labute approximate surface area is 182 Å². The van der Waals surface area contributed by atoms with Gasteiger partial charge in [0.15, 0.2) is 17.2 Å². The van der Waals surface area contributed by atoms with Crippen molar-refractivity contribution in [2.75, 3.05) is 20.3 Å². The Morgan fingerprint density at radius 2 is 1.88 bits per heavy atom. The number of aryl methyl sites for hydroxylation is 1. The number of ether oxygens (including phenoxy) is 2. The van der Waals surface area contributed by atoms with Gasteiger partial charge in [-0.15, -0.1) is 0 Å². The molecule has 0 spiro atoms. The van der Waals surface area contributed by atoms with Crippen LogP contribution in [0.1, 0.15) is 21.7 Å². The number of hydrogen-bond acceptors (Lipinski definition) is 7. The van der Waals surface area contributed by atoms with Crippen LogP contribution in [0.25, 0.3) is 5.69 Å². The van der Waals surface area contributed by atoms with Gasteiger partial charge < -0.3 is 14.4 Å². The van der Waals surface area contributed by atoms with Crippen LogP contribution in [-0.2, 0) is 6.54 Å². The maximum Gasteiger partial charge on any atom is 0.294 e. The van der Waals surface area contributed by atoms with Crippen molar-refractivity contribution in [1.29, 1.82) is 0 Å². The number of aromatic nitrogens is 2. The van der Waals surface area contributed by atoms with Crippen LogP contribution in [0.2, 0.25) is 0 Å². The molecule has 32 heavy (non-hydrogen) atoms. The van der Waals surface area contributed by atoms with Crippen molar-refractivity contribution in [3.63, 3.8) is 0 Å². The molecule has 1 aliphatic rings. The maximum absolute atomic E-state index is 13.0. The third-order valence-corrected chi connectivity index (χ3v) is 4.99. The van der Waals surface area contributed by atoms with Crippen molar-refractivity contribution in [1.82, 2.24) is 14.7 Å². The van der Waals surface area contributed by atoms with Gasteiger partial charge in [0.2, 0.25) is 5.43 Å². The summed E-state index contributed by atoms with van der Waals surface area (Å²) in [5.74, 6) is 0.639. The molecule has 0 bridgehead atoms. The van der Waals surface area contributed by atoms with Crippen molar-refractivity contribution >= 4 is 11.6 Å². The zero-order valence-electron chi connectivity index (χ0n) is 17.5. The number of nitro groups is 1. The summed E-state index contributed by atoms with van der Waals surface area (Å²) in [6.45, 7) is 2.73. The van der Waals surface area contributed by atoms with E-state index in [1.165, 1.54) is 33.8 Å². The summed E-state index contributed by atoms with van der Waals surface area (Å²) in [4.78, 5) is 37.8. The number of nitro benzene ring substituents is 1. The van der Waals surface area contributed by atoms with Gasteiger partial charge >= 0.3 is 0 Å². The molecule has 1 aromatic heterocycles. The van der Waals surface area contributed by atoms with E-state index in [0.717, 1.165) is 5.56 Å². The van der Waals surface area contributed by atoms with Crippen LogP contribution < -0.4 is 14.9 Å². The van der Waals surface area contributed by atoms with E-state index in [-0.39, 0.29) is 23.6 Å². The number of rotatable bonds is 5. The largest absolute Gasteiger partial charge is 0.486 e. The molecule has 10 nitrogen and oxygen atoms in total. The van der Waals surface area contributed by atoms with Gasteiger partial charge in [0.25, 0.3) is 11.6 Å². The van der Waals surface area contributed by atoms with E-state index >= 15 is 0 Å². The number of amides is 1. The third kappa shape index (κ3) is 4.02. The number of hydrogen-bond donors (Lipinski definition) is 0. The van der Waals surface area contributed by atoms with Crippen molar-refractivity contribution in [2.24, 2.45) is 0 Å². The topological polar surface area (TPSA) is 117 Å². The van der Waals surface area contributed by atoms with Crippen LogP contribution in [-0.4, -0.2) is 45.8 Å². The lowest BCUT2D eigenvalue weighted by atomic mass is 10.1. The maximum atomic E-state index is 13.0. The Kier molecular flexibility index (Phi) is 5.59. The number of para-hydroxylation sites is 2. The standard InChI is InChI=1S/C22H20N4O6/c1-14-11-18(27)21(23-25(14)16-5-3-4-6-17(16)26(29)30)22(28)24(2)13-15-7-8-19-20(12-15)32-10-9-31-19/h3-8,11-12H,9-10,13H2,1-2H3. The van der Waals surface area contributed by atoms with Gasteiger partial charge in [-0.1, -0.05) is 18.2 Å². The van der Waals surface area contributed by atoms with Crippen LogP contribution >= 0.6 is 0 Å². The molecule has 1 amide bonds. The molecule has 1 aliphatic heterocycles. The molecular weight excluding hydrogens is 416 g/mol. The molecular formula is C22H20N4O6. The van der Waals surface area contributed by atoms with Gasteiger partial charge in [-0.25, -0.2) is 4.68 Å². The lowest BCUT2D eigenvalue weighted by Gasteiger charge is -2.21. The molecule has 2 aromatic carbocycles. The predicted molar refractivity (Wildman–Crippen MR) is 114 cm³/mol. The van der Waals surface area contributed by atoms with E-state index in [4.69, 9.17) is 9.47 Å². The van der Waals surface area contributed by atoms with Gasteiger partial charge in [-0.05, 0) is 30.7 Å². The molecule has 0 atom stereocenters. The van der Waals surface area contributed by atoms with Crippen molar-refractivity contribution in [2.45, 2.75) is 13.5 Å². The van der Waals surface area contributed by atoms with Gasteiger partial charge in [0, 0.05) is 31.4 Å². The molecule has 0 radical (unpaired) electrons. The lowest BCUT2D eigenvalue weighted by Crippen LogP contribution is -2.33. The zero-order chi connectivity index (χ0) is 22.8. The highest BCUT2D eigenvalue weighted by atomic mass is 16.6. The molecule has 3 aromatic rings. The summed E-state index contributed by atoms with van der Waals surface area (Å²) in [6, 6.07) is 12.6. The van der Waals surface area contributed by atoms with Crippen molar-refractivity contribution in [3.05, 3.63) is 85.8 Å². The Hall–Kier alpha value is -4.21. The molecule has 0 unspecified atom stereocenters. The van der Waals surface area contributed by atoms with Crippen LogP contribution in [0.5, 0.6) is 11.5 Å². The van der Waals surface area contributed by atoms with Gasteiger partial charge in [0.05, 0.1) is 4.92 Å². The van der Waals surface area contributed by atoms with E-state index in [0.29, 0.717) is 30.4 Å². The van der Waals surface area contributed by atoms with E-state index in [2.05, 4.69) is 5.10 Å². The monoisotopic (exact) mass is 436 g/mol. The second-order valence-corrected chi connectivity index (χ2v) is 7.30. The average molecular weight is 436 g/mol. The predicted octanol–water partition coefficient (Wildman–Crippen LogP) is 2.49. The second-order valence-electron chi connectivity index (χ2n) is 7.30. The first-order chi connectivity index (χ1) is 15.3. The highest BCUT2D eigenvalue weighted by Crippen LogP contribution is 2.31. The smallest absolute Gasteiger partial charge is 0.294 e. The minimum atomic E-state index is -0.600. The zero-order valence-corrected chi connectivity index (χ0v) is 17.5. The molecule has 0 N–H and O–H groups in total. The Morgan fingerprint density at radius 3 is 2.62 bits per heavy atom. The van der Waals surface area contributed by atoms with Crippen molar-refractivity contribution in [3.8, 4) is 17.2 Å². The molecule has 0 saturated heterocycles. The van der Waals surface area contributed by atoms with Gasteiger partial charge in [-0.2, -0.15) is 5.10 Å². The SMILES string of the molecule is Cc1cc(=O)c(C(=O)N(C)Cc2ccc3c(c2)OCCO3)nn1-c1ccccc1[N+](=O)[O-]. The molecule has 164 valence electrons. The number of fused-ring (bicyclic) bond motifs is 1. The second kappa shape index (κ2) is 8.50. The number of nitrogens with zero attached hydrogens (tertiary/aromatic N) is 4. The third-order valence-electron chi connectivity index (χ3n) is 4.99. The van der Waals surface area contributed by atoms with Crippen LogP contribution in [0.4, 0.5) is 5.69 Å².